The summed E-state index contributed by atoms with van der Waals surface area (Å²) < 4.78 is -0.00236. The van der Waals surface area contributed by atoms with E-state index in [-0.39, 0.29) is 4.75 Å². The van der Waals surface area contributed by atoms with E-state index in [0.29, 0.717) is 0 Å². The van der Waals surface area contributed by atoms with Gasteiger partial charge >= 0.3 is 0 Å². The maximum atomic E-state index is 4.58. The van der Waals surface area contributed by atoms with E-state index in [4.69, 9.17) is 0 Å². The van der Waals surface area contributed by atoms with Crippen LogP contribution in [0.25, 0.3) is 0 Å². The van der Waals surface area contributed by atoms with Crippen molar-refractivity contribution in [3.8, 4) is 0 Å². The number of rotatable bonds is 1. The molecule has 0 fully saturated rings. The van der Waals surface area contributed by atoms with Crippen LogP contribution in [0.2, 0.25) is 0 Å². The van der Waals surface area contributed by atoms with Gasteiger partial charge in [0, 0.05) is 4.75 Å². The molecule has 0 heterocycles. The third kappa shape index (κ3) is 1.76. The molecule has 1 heteroatoms. The number of hydrogen-bond acceptors (Lipinski definition) is 1. The predicted molar refractivity (Wildman–Crippen MR) is 60.5 cm³/mol. The van der Waals surface area contributed by atoms with Gasteiger partial charge in [-0.3, -0.25) is 0 Å². The van der Waals surface area contributed by atoms with E-state index in [0.717, 1.165) is 0 Å². The van der Waals surface area contributed by atoms with E-state index in [2.05, 4.69) is 44.7 Å². The van der Waals surface area contributed by atoms with Gasteiger partial charge in [-0.1, -0.05) is 18.2 Å². The van der Waals surface area contributed by atoms with Crippen LogP contribution in [0.1, 0.15) is 37.0 Å². The Morgan fingerprint density at radius 2 is 1.85 bits per heavy atom. The van der Waals surface area contributed by atoms with Gasteiger partial charge < -0.3 is 0 Å². The zero-order valence-corrected chi connectivity index (χ0v) is 9.20. The highest BCUT2D eigenvalue weighted by Crippen LogP contribution is 2.31. The quantitative estimate of drug-likeness (QED) is 0.648. The number of aryl methyl sites for hydroxylation is 2. The summed E-state index contributed by atoms with van der Waals surface area (Å²) in [6.07, 6.45) is 3.85. The smallest absolute Gasteiger partial charge is 0.0322 e. The molecule has 0 spiro atoms. The first-order valence-corrected chi connectivity index (χ1v) is 5.37. The first kappa shape index (κ1) is 9.14. The molecular weight excluding hydrogens is 176 g/mol. The fraction of sp³-hybridized carbons (Fsp3) is 0.500. The van der Waals surface area contributed by atoms with Crippen molar-refractivity contribution in [1.82, 2.24) is 0 Å². The summed E-state index contributed by atoms with van der Waals surface area (Å²) in [5, 5.41) is 0. The average molecular weight is 192 g/mol. The van der Waals surface area contributed by atoms with Gasteiger partial charge in [-0.15, -0.1) is 0 Å². The minimum Gasteiger partial charge on any atom is -0.168 e. The molecule has 0 unspecified atom stereocenters. The lowest BCUT2D eigenvalue weighted by Gasteiger charge is -2.18. The Bertz CT molecular complexity index is 320. The minimum absolute atomic E-state index is 0.00236. The summed E-state index contributed by atoms with van der Waals surface area (Å²) in [6, 6.07) is 6.82. The lowest BCUT2D eigenvalue weighted by Crippen LogP contribution is -2.07. The zero-order valence-electron chi connectivity index (χ0n) is 8.30. The maximum Gasteiger partial charge on any atom is 0.0322 e. The topological polar surface area (TPSA) is 0 Å². The van der Waals surface area contributed by atoms with Crippen molar-refractivity contribution in [2.24, 2.45) is 0 Å². The van der Waals surface area contributed by atoms with E-state index >= 15 is 0 Å². The average Bonchev–Trinajstić information content (AvgIpc) is 2.47. The van der Waals surface area contributed by atoms with Crippen molar-refractivity contribution in [2.45, 2.75) is 37.9 Å². The summed E-state index contributed by atoms with van der Waals surface area (Å²) in [4.78, 5) is 0. The van der Waals surface area contributed by atoms with Crippen molar-refractivity contribution in [1.29, 1.82) is 0 Å². The lowest BCUT2D eigenvalue weighted by molar-refractivity contribution is 0.789. The van der Waals surface area contributed by atoms with Crippen LogP contribution in [0.3, 0.4) is 0 Å². The molecule has 1 aliphatic rings. The first-order chi connectivity index (χ1) is 6.07. The highest BCUT2D eigenvalue weighted by atomic mass is 32.1. The standard InChI is InChI=1S/C12H16S/c1-12(2,13)11-7-6-9-4-3-5-10(9)8-11/h6-8,13H,3-5H2,1-2H3. The summed E-state index contributed by atoms with van der Waals surface area (Å²) in [5.74, 6) is 0. The van der Waals surface area contributed by atoms with Crippen molar-refractivity contribution in [3.63, 3.8) is 0 Å². The largest absolute Gasteiger partial charge is 0.168 e. The Morgan fingerprint density at radius 1 is 1.15 bits per heavy atom. The molecule has 70 valence electrons. The second-order valence-electron chi connectivity index (χ2n) is 4.40. The van der Waals surface area contributed by atoms with Crippen molar-refractivity contribution in [2.75, 3.05) is 0 Å². The molecule has 0 N–H and O–H groups in total. The van der Waals surface area contributed by atoms with Gasteiger partial charge in [-0.05, 0) is 49.8 Å². The third-order valence-corrected chi connectivity index (χ3v) is 3.06. The van der Waals surface area contributed by atoms with Crippen LogP contribution in [-0.4, -0.2) is 0 Å². The maximum absolute atomic E-state index is 4.58. The van der Waals surface area contributed by atoms with Gasteiger partial charge in [0.1, 0.15) is 0 Å². The molecule has 0 aromatic heterocycles. The molecule has 2 rings (SSSR count). The Morgan fingerprint density at radius 3 is 2.54 bits per heavy atom. The molecule has 1 aliphatic carbocycles. The van der Waals surface area contributed by atoms with E-state index in [1.54, 1.807) is 11.1 Å². The molecule has 0 saturated heterocycles. The highest BCUT2D eigenvalue weighted by molar-refractivity contribution is 7.81. The van der Waals surface area contributed by atoms with E-state index < -0.39 is 0 Å². The highest BCUT2D eigenvalue weighted by Gasteiger charge is 2.18. The van der Waals surface area contributed by atoms with E-state index in [1.807, 2.05) is 0 Å². The SMILES string of the molecule is CC(C)(S)c1ccc2c(c1)CCC2. The number of thiol groups is 1. The predicted octanol–water partition coefficient (Wildman–Crippen LogP) is 3.34. The molecule has 0 amide bonds. The molecule has 0 aliphatic heterocycles. The zero-order chi connectivity index (χ0) is 9.47. The molecule has 1 aromatic carbocycles. The van der Waals surface area contributed by atoms with Gasteiger partial charge in [-0.2, -0.15) is 12.6 Å². The molecule has 0 saturated carbocycles. The molecule has 1 aromatic rings. The fourth-order valence-electron chi connectivity index (χ4n) is 1.95. The number of hydrogen-bond donors (Lipinski definition) is 1. The third-order valence-electron chi connectivity index (χ3n) is 2.80. The minimum atomic E-state index is -0.00236. The van der Waals surface area contributed by atoms with Crippen LogP contribution >= 0.6 is 12.6 Å². The first-order valence-electron chi connectivity index (χ1n) is 4.92. The molecule has 0 bridgehead atoms. The van der Waals surface area contributed by atoms with Gasteiger partial charge in [0.05, 0.1) is 0 Å². The molecule has 0 radical (unpaired) electrons. The number of fused-ring (bicyclic) bond motifs is 1. The monoisotopic (exact) mass is 192 g/mol. The Hall–Kier alpha value is -0.430. The summed E-state index contributed by atoms with van der Waals surface area (Å²) in [5.41, 5.74) is 4.43. The van der Waals surface area contributed by atoms with Crippen LogP contribution in [-0.2, 0) is 17.6 Å². The molecule has 0 nitrogen and oxygen atoms in total. The van der Waals surface area contributed by atoms with Gasteiger partial charge in [0.25, 0.3) is 0 Å². The molecule has 13 heavy (non-hydrogen) atoms. The van der Waals surface area contributed by atoms with Gasteiger partial charge in [-0.25, -0.2) is 0 Å². The van der Waals surface area contributed by atoms with E-state index in [1.165, 1.54) is 24.8 Å². The van der Waals surface area contributed by atoms with Gasteiger partial charge in [0.2, 0.25) is 0 Å². The molecular formula is C12H16S. The van der Waals surface area contributed by atoms with Crippen molar-refractivity contribution >= 4 is 12.6 Å². The van der Waals surface area contributed by atoms with Crippen LogP contribution in [0, 0.1) is 0 Å². The van der Waals surface area contributed by atoms with Crippen LogP contribution in [0.5, 0.6) is 0 Å². The van der Waals surface area contributed by atoms with E-state index in [9.17, 15) is 0 Å². The summed E-state index contributed by atoms with van der Waals surface area (Å²) in [6.45, 7) is 4.29. The van der Waals surface area contributed by atoms with Crippen LogP contribution < -0.4 is 0 Å². The van der Waals surface area contributed by atoms with Crippen molar-refractivity contribution in [3.05, 3.63) is 34.9 Å². The van der Waals surface area contributed by atoms with Crippen molar-refractivity contribution < 1.29 is 0 Å². The van der Waals surface area contributed by atoms with Crippen LogP contribution in [0.15, 0.2) is 18.2 Å². The number of benzene rings is 1. The summed E-state index contributed by atoms with van der Waals surface area (Å²) >= 11 is 4.58. The Balaban J connectivity index is 2.42. The summed E-state index contributed by atoms with van der Waals surface area (Å²) in [7, 11) is 0. The second kappa shape index (κ2) is 3.06. The van der Waals surface area contributed by atoms with Gasteiger partial charge in [0.15, 0.2) is 0 Å². The lowest BCUT2D eigenvalue weighted by atomic mass is 9.98. The Kier molecular flexibility index (Phi) is 2.15. The normalized spacial score (nSPS) is 15.9. The van der Waals surface area contributed by atoms with Crippen LogP contribution in [0.4, 0.5) is 0 Å². The molecule has 0 atom stereocenters. The Labute approximate surface area is 85.8 Å². The fourth-order valence-corrected chi connectivity index (χ4v) is 2.09. The second-order valence-corrected chi connectivity index (χ2v) is 5.51.